The molecule has 0 aliphatic carbocycles. The van der Waals surface area contributed by atoms with Gasteiger partial charge in [0.2, 0.25) is 0 Å². The van der Waals surface area contributed by atoms with Crippen molar-refractivity contribution < 1.29 is 23.8 Å². The lowest BCUT2D eigenvalue weighted by atomic mass is 10.2. The van der Waals surface area contributed by atoms with Gasteiger partial charge in [0, 0.05) is 5.56 Å². The quantitative estimate of drug-likeness (QED) is 0.913. The van der Waals surface area contributed by atoms with Crippen LogP contribution in [0.2, 0.25) is 5.02 Å². The van der Waals surface area contributed by atoms with Gasteiger partial charge in [-0.2, -0.15) is 0 Å². The molecule has 0 saturated carbocycles. The number of rotatable bonds is 5. The molecule has 0 spiro atoms. The molecule has 2 aromatic rings. The van der Waals surface area contributed by atoms with Gasteiger partial charge in [0.1, 0.15) is 29.5 Å². The van der Waals surface area contributed by atoms with E-state index in [0.29, 0.717) is 5.75 Å². The molecule has 2 rings (SSSR count). The summed E-state index contributed by atoms with van der Waals surface area (Å²) in [6.07, 6.45) is 0. The zero-order chi connectivity index (χ0) is 15.4. The summed E-state index contributed by atoms with van der Waals surface area (Å²) in [5.41, 5.74) is 0.105. The van der Waals surface area contributed by atoms with E-state index in [0.717, 1.165) is 0 Å². The number of carboxylic acids is 1. The molecule has 0 radical (unpaired) electrons. The van der Waals surface area contributed by atoms with E-state index in [-0.39, 0.29) is 28.5 Å². The minimum atomic E-state index is -1.16. The zero-order valence-corrected chi connectivity index (χ0v) is 11.9. The van der Waals surface area contributed by atoms with E-state index >= 15 is 0 Å². The number of hydrogen-bond donors (Lipinski definition) is 1. The number of ether oxygens (including phenoxy) is 2. The topological polar surface area (TPSA) is 55.8 Å². The number of methoxy groups -OCH3 is 1. The van der Waals surface area contributed by atoms with Crippen molar-refractivity contribution in [3.63, 3.8) is 0 Å². The maximum Gasteiger partial charge on any atom is 0.339 e. The average molecular weight is 311 g/mol. The number of benzene rings is 2. The van der Waals surface area contributed by atoms with E-state index in [4.69, 9.17) is 26.2 Å². The second kappa shape index (κ2) is 6.45. The molecule has 6 heteroatoms. The summed E-state index contributed by atoms with van der Waals surface area (Å²) in [6, 6.07) is 8.63. The maximum absolute atomic E-state index is 13.6. The van der Waals surface area contributed by atoms with E-state index in [1.165, 1.54) is 37.4 Å². The summed E-state index contributed by atoms with van der Waals surface area (Å²) in [7, 11) is 1.43. The summed E-state index contributed by atoms with van der Waals surface area (Å²) in [5, 5.41) is 9.38. The van der Waals surface area contributed by atoms with Gasteiger partial charge in [0.05, 0.1) is 12.1 Å². The molecule has 4 nitrogen and oxygen atoms in total. The largest absolute Gasteiger partial charge is 0.497 e. The molecule has 0 saturated heterocycles. The molecule has 0 aliphatic rings. The predicted octanol–water partition coefficient (Wildman–Crippen LogP) is 3.76. The highest BCUT2D eigenvalue weighted by molar-refractivity contribution is 6.31. The highest BCUT2D eigenvalue weighted by atomic mass is 35.5. The molecule has 0 atom stereocenters. The first-order valence-electron chi connectivity index (χ1n) is 6.00. The van der Waals surface area contributed by atoms with Crippen molar-refractivity contribution in [2.75, 3.05) is 7.11 Å². The first-order valence-corrected chi connectivity index (χ1v) is 6.37. The van der Waals surface area contributed by atoms with E-state index in [2.05, 4.69) is 0 Å². The number of hydrogen-bond acceptors (Lipinski definition) is 3. The van der Waals surface area contributed by atoms with Gasteiger partial charge in [-0.15, -0.1) is 0 Å². The minimum absolute atomic E-state index is 0.0678. The number of carbonyl (C=O) groups is 1. The predicted molar refractivity (Wildman–Crippen MR) is 75.7 cm³/mol. The van der Waals surface area contributed by atoms with Crippen molar-refractivity contribution >= 4 is 17.6 Å². The van der Waals surface area contributed by atoms with E-state index in [9.17, 15) is 9.18 Å². The van der Waals surface area contributed by atoms with Gasteiger partial charge < -0.3 is 14.6 Å². The maximum atomic E-state index is 13.6. The Hall–Kier alpha value is -2.27. The van der Waals surface area contributed by atoms with Crippen molar-refractivity contribution in [2.45, 2.75) is 6.61 Å². The Bertz CT molecular complexity index is 652. The first-order chi connectivity index (χ1) is 10.0. The highest BCUT2D eigenvalue weighted by Crippen LogP contribution is 2.27. The van der Waals surface area contributed by atoms with Gasteiger partial charge >= 0.3 is 5.97 Å². The number of carboxylic acid groups (broad SMARTS) is 1. The molecule has 2 aromatic carbocycles. The Morgan fingerprint density at radius 3 is 2.71 bits per heavy atom. The van der Waals surface area contributed by atoms with Crippen molar-refractivity contribution in [3.05, 3.63) is 58.4 Å². The summed E-state index contributed by atoms with van der Waals surface area (Å²) >= 11 is 5.89. The van der Waals surface area contributed by atoms with Crippen LogP contribution in [0.5, 0.6) is 11.5 Å². The zero-order valence-electron chi connectivity index (χ0n) is 11.1. The third-order valence-electron chi connectivity index (χ3n) is 2.85. The Morgan fingerprint density at radius 2 is 2.10 bits per heavy atom. The molecule has 0 bridgehead atoms. The average Bonchev–Trinajstić information content (AvgIpc) is 2.46. The van der Waals surface area contributed by atoms with Crippen molar-refractivity contribution in [2.24, 2.45) is 0 Å². The fourth-order valence-electron chi connectivity index (χ4n) is 1.75. The second-order valence-electron chi connectivity index (χ2n) is 4.16. The lowest BCUT2D eigenvalue weighted by Crippen LogP contribution is -2.05. The van der Waals surface area contributed by atoms with Gasteiger partial charge in [-0.25, -0.2) is 9.18 Å². The van der Waals surface area contributed by atoms with Crippen LogP contribution in [0.1, 0.15) is 15.9 Å². The highest BCUT2D eigenvalue weighted by Gasteiger charge is 2.14. The third-order valence-corrected chi connectivity index (χ3v) is 3.20. The Balaban J connectivity index is 2.26. The molecule has 0 aliphatic heterocycles. The van der Waals surface area contributed by atoms with Crippen LogP contribution in [-0.2, 0) is 6.61 Å². The molecule has 0 heterocycles. The van der Waals surface area contributed by atoms with Crippen LogP contribution >= 0.6 is 11.6 Å². The van der Waals surface area contributed by atoms with E-state index in [1.807, 2.05) is 0 Å². The second-order valence-corrected chi connectivity index (χ2v) is 4.56. The van der Waals surface area contributed by atoms with Crippen molar-refractivity contribution in [1.82, 2.24) is 0 Å². The van der Waals surface area contributed by atoms with Crippen LogP contribution in [0, 0.1) is 5.82 Å². The molecule has 0 aromatic heterocycles. The molecule has 1 N–H and O–H groups in total. The van der Waals surface area contributed by atoms with Gasteiger partial charge in [0.25, 0.3) is 0 Å². The fourth-order valence-corrected chi connectivity index (χ4v) is 1.97. The Morgan fingerprint density at radius 1 is 1.33 bits per heavy atom. The van der Waals surface area contributed by atoms with Crippen LogP contribution < -0.4 is 9.47 Å². The molecule has 0 amide bonds. The number of aromatic carboxylic acids is 1. The lowest BCUT2D eigenvalue weighted by molar-refractivity contribution is 0.0691. The summed E-state index contributed by atoms with van der Waals surface area (Å²) in [4.78, 5) is 11.2. The monoisotopic (exact) mass is 310 g/mol. The molecule has 21 heavy (non-hydrogen) atoms. The van der Waals surface area contributed by atoms with Gasteiger partial charge in [-0.05, 0) is 30.3 Å². The molecular formula is C15H12ClFO4. The molecular weight excluding hydrogens is 299 g/mol. The van der Waals surface area contributed by atoms with Crippen LogP contribution in [0.25, 0.3) is 0 Å². The van der Waals surface area contributed by atoms with Gasteiger partial charge in [0.15, 0.2) is 0 Å². The number of halogens is 2. The first kappa shape index (κ1) is 15.1. The van der Waals surface area contributed by atoms with E-state index in [1.54, 1.807) is 6.07 Å². The Labute approximate surface area is 125 Å². The van der Waals surface area contributed by atoms with Crippen LogP contribution in [-0.4, -0.2) is 18.2 Å². The molecule has 0 fully saturated rings. The minimum Gasteiger partial charge on any atom is -0.497 e. The SMILES string of the molecule is COc1ccc(OCc2c(F)cccc2Cl)c(C(=O)O)c1. The standard InChI is InChI=1S/C15H12ClFO4/c1-20-9-5-6-14(10(7-9)15(18)19)21-8-11-12(16)3-2-4-13(11)17/h2-7H,8H2,1H3,(H,18,19). The van der Waals surface area contributed by atoms with E-state index < -0.39 is 11.8 Å². The van der Waals surface area contributed by atoms with Crippen LogP contribution in [0.4, 0.5) is 4.39 Å². The normalized spacial score (nSPS) is 10.2. The smallest absolute Gasteiger partial charge is 0.339 e. The third kappa shape index (κ3) is 3.44. The summed E-state index contributed by atoms with van der Waals surface area (Å²) in [6.45, 7) is -0.169. The van der Waals surface area contributed by atoms with Crippen molar-refractivity contribution in [3.8, 4) is 11.5 Å². The fraction of sp³-hybridized carbons (Fsp3) is 0.133. The summed E-state index contributed by atoms with van der Waals surface area (Å²) in [5.74, 6) is -1.16. The van der Waals surface area contributed by atoms with Gasteiger partial charge in [-0.3, -0.25) is 0 Å². The Kier molecular flexibility index (Phi) is 4.65. The van der Waals surface area contributed by atoms with Gasteiger partial charge in [-0.1, -0.05) is 17.7 Å². The molecule has 110 valence electrons. The summed E-state index contributed by atoms with van der Waals surface area (Å²) < 4.78 is 24.0. The van der Waals surface area contributed by atoms with Crippen LogP contribution in [0.3, 0.4) is 0 Å². The van der Waals surface area contributed by atoms with Crippen LogP contribution in [0.15, 0.2) is 36.4 Å². The lowest BCUT2D eigenvalue weighted by Gasteiger charge is -2.12. The molecule has 0 unspecified atom stereocenters. The van der Waals surface area contributed by atoms with Crippen molar-refractivity contribution in [1.29, 1.82) is 0 Å².